The van der Waals surface area contributed by atoms with Gasteiger partial charge < -0.3 is 14.5 Å². The number of benzene rings is 2. The van der Waals surface area contributed by atoms with Crippen LogP contribution in [0.5, 0.6) is 5.75 Å². The highest BCUT2D eigenvalue weighted by atomic mass is 16.5. The first-order valence-electron chi connectivity index (χ1n) is 8.14. The molecule has 0 spiro atoms. The first kappa shape index (κ1) is 14.4. The number of hydrogen-bond donors (Lipinski definition) is 2. The number of likely N-dealkylation sites (N-methyl/N-ethyl adjacent to an activating group) is 1. The van der Waals surface area contributed by atoms with Gasteiger partial charge in [-0.2, -0.15) is 0 Å². The van der Waals surface area contributed by atoms with Crippen molar-refractivity contribution in [2.45, 2.75) is 6.92 Å². The van der Waals surface area contributed by atoms with Gasteiger partial charge in [0.05, 0.1) is 6.54 Å². The lowest BCUT2D eigenvalue weighted by Crippen LogP contribution is -3.28. The van der Waals surface area contributed by atoms with Crippen LogP contribution in [0, 0.1) is 0 Å². The van der Waals surface area contributed by atoms with Gasteiger partial charge in [0.1, 0.15) is 45.1 Å². The van der Waals surface area contributed by atoms with Gasteiger partial charge in [-0.25, -0.2) is 0 Å². The minimum absolute atomic E-state index is 0.815. The largest absolute Gasteiger partial charge is 0.488 e. The molecule has 21 heavy (non-hydrogen) atoms. The van der Waals surface area contributed by atoms with Crippen LogP contribution < -0.4 is 14.5 Å². The molecular weight excluding hydrogens is 260 g/mol. The van der Waals surface area contributed by atoms with E-state index in [1.54, 1.807) is 9.80 Å². The molecule has 1 saturated heterocycles. The topological polar surface area (TPSA) is 18.1 Å². The zero-order valence-electron chi connectivity index (χ0n) is 12.9. The Morgan fingerprint density at radius 2 is 1.62 bits per heavy atom. The van der Waals surface area contributed by atoms with Gasteiger partial charge in [0, 0.05) is 0 Å². The van der Waals surface area contributed by atoms with E-state index in [0.29, 0.717) is 0 Å². The molecule has 2 aromatic carbocycles. The van der Waals surface area contributed by atoms with Crippen molar-refractivity contribution in [3.8, 4) is 5.75 Å². The second-order valence-corrected chi connectivity index (χ2v) is 5.96. The summed E-state index contributed by atoms with van der Waals surface area (Å²) in [5, 5.41) is 2.52. The smallest absolute Gasteiger partial charge is 0.137 e. The lowest BCUT2D eigenvalue weighted by Gasteiger charge is -2.28. The molecular formula is C18H26N2O+2. The standard InChI is InChI=1S/C18H24N2O/c1-2-19-9-11-20(12-10-19)13-14-21-18-8-7-16-5-3-4-6-17(16)15-18/h3-8,15H,2,9-14H2,1H3/p+2. The summed E-state index contributed by atoms with van der Waals surface area (Å²) in [4.78, 5) is 3.43. The highest BCUT2D eigenvalue weighted by Gasteiger charge is 2.20. The van der Waals surface area contributed by atoms with Crippen LogP contribution in [0.3, 0.4) is 0 Å². The average molecular weight is 286 g/mol. The Hall–Kier alpha value is -1.58. The van der Waals surface area contributed by atoms with E-state index >= 15 is 0 Å². The molecule has 1 fully saturated rings. The summed E-state index contributed by atoms with van der Waals surface area (Å²) in [5.41, 5.74) is 0. The van der Waals surface area contributed by atoms with Gasteiger partial charge in [-0.3, -0.25) is 0 Å². The molecule has 0 unspecified atom stereocenters. The summed E-state index contributed by atoms with van der Waals surface area (Å²) >= 11 is 0. The summed E-state index contributed by atoms with van der Waals surface area (Å²) in [7, 11) is 0. The third kappa shape index (κ3) is 3.74. The first-order valence-corrected chi connectivity index (χ1v) is 8.14. The predicted molar refractivity (Wildman–Crippen MR) is 86.2 cm³/mol. The molecule has 3 rings (SSSR count). The van der Waals surface area contributed by atoms with Crippen LogP contribution in [-0.2, 0) is 0 Å². The van der Waals surface area contributed by atoms with E-state index in [0.717, 1.165) is 18.9 Å². The normalized spacial score (nSPS) is 22.3. The van der Waals surface area contributed by atoms with Gasteiger partial charge in [0.25, 0.3) is 0 Å². The zero-order valence-corrected chi connectivity index (χ0v) is 12.9. The van der Waals surface area contributed by atoms with Gasteiger partial charge >= 0.3 is 0 Å². The molecule has 0 amide bonds. The molecule has 3 nitrogen and oxygen atoms in total. The molecule has 0 bridgehead atoms. The number of piperazine rings is 1. The predicted octanol–water partition coefficient (Wildman–Crippen LogP) is 0.0219. The Bertz CT molecular complexity index is 576. The maximum Gasteiger partial charge on any atom is 0.137 e. The number of quaternary nitrogens is 2. The summed E-state index contributed by atoms with van der Waals surface area (Å²) in [6.45, 7) is 10.7. The maximum absolute atomic E-state index is 5.94. The third-order valence-corrected chi connectivity index (χ3v) is 4.61. The lowest BCUT2D eigenvalue weighted by atomic mass is 10.1. The second-order valence-electron chi connectivity index (χ2n) is 5.96. The monoisotopic (exact) mass is 286 g/mol. The number of nitrogens with one attached hydrogen (secondary N) is 2. The quantitative estimate of drug-likeness (QED) is 0.793. The summed E-state index contributed by atoms with van der Waals surface area (Å²) < 4.78 is 5.94. The van der Waals surface area contributed by atoms with Gasteiger partial charge in [0.2, 0.25) is 0 Å². The molecule has 0 saturated carbocycles. The van der Waals surface area contributed by atoms with Crippen molar-refractivity contribution in [3.63, 3.8) is 0 Å². The van der Waals surface area contributed by atoms with Crippen LogP contribution >= 0.6 is 0 Å². The Balaban J connectivity index is 1.48. The Morgan fingerprint density at radius 1 is 0.905 bits per heavy atom. The molecule has 1 aliphatic heterocycles. The maximum atomic E-state index is 5.94. The van der Waals surface area contributed by atoms with Crippen LogP contribution in [-0.4, -0.2) is 45.9 Å². The highest BCUT2D eigenvalue weighted by Crippen LogP contribution is 2.20. The van der Waals surface area contributed by atoms with Crippen LogP contribution in [0.1, 0.15) is 6.92 Å². The minimum Gasteiger partial charge on any atom is -0.488 e. The minimum atomic E-state index is 0.815. The highest BCUT2D eigenvalue weighted by molar-refractivity contribution is 5.83. The molecule has 112 valence electrons. The van der Waals surface area contributed by atoms with Crippen LogP contribution in [0.4, 0.5) is 0 Å². The fourth-order valence-electron chi connectivity index (χ4n) is 3.13. The van der Waals surface area contributed by atoms with Crippen LogP contribution in [0.25, 0.3) is 10.8 Å². The molecule has 0 aromatic heterocycles. The van der Waals surface area contributed by atoms with E-state index in [9.17, 15) is 0 Å². The first-order chi connectivity index (χ1) is 10.3. The number of fused-ring (bicyclic) bond motifs is 1. The Labute approximate surface area is 127 Å². The number of rotatable bonds is 5. The summed E-state index contributed by atoms with van der Waals surface area (Å²) in [6, 6.07) is 14.8. The van der Waals surface area contributed by atoms with E-state index in [2.05, 4.69) is 49.4 Å². The van der Waals surface area contributed by atoms with E-state index < -0.39 is 0 Å². The van der Waals surface area contributed by atoms with Crippen molar-refractivity contribution >= 4 is 10.8 Å². The Morgan fingerprint density at radius 3 is 2.38 bits per heavy atom. The van der Waals surface area contributed by atoms with E-state index in [1.807, 2.05) is 0 Å². The van der Waals surface area contributed by atoms with Gasteiger partial charge in [-0.1, -0.05) is 30.3 Å². The molecule has 2 N–H and O–H groups in total. The van der Waals surface area contributed by atoms with Crippen molar-refractivity contribution in [2.75, 3.05) is 45.9 Å². The number of hydrogen-bond acceptors (Lipinski definition) is 1. The van der Waals surface area contributed by atoms with Crippen molar-refractivity contribution in [3.05, 3.63) is 42.5 Å². The van der Waals surface area contributed by atoms with Crippen LogP contribution in [0.2, 0.25) is 0 Å². The fraction of sp³-hybridized carbons (Fsp3) is 0.444. The third-order valence-electron chi connectivity index (χ3n) is 4.61. The average Bonchev–Trinajstić information content (AvgIpc) is 2.55. The Kier molecular flexibility index (Phi) is 4.73. The van der Waals surface area contributed by atoms with Gasteiger partial charge in [-0.05, 0) is 29.8 Å². The fourth-order valence-corrected chi connectivity index (χ4v) is 3.13. The SMILES string of the molecule is CC[NH+]1CC[NH+](CCOc2ccc3ccccc3c2)CC1. The summed E-state index contributed by atoms with van der Waals surface area (Å²) in [5.74, 6) is 0.992. The molecule has 1 aliphatic rings. The number of ether oxygens (including phenoxy) is 1. The zero-order chi connectivity index (χ0) is 14.5. The second kappa shape index (κ2) is 6.92. The lowest BCUT2D eigenvalue weighted by molar-refractivity contribution is -1.01. The molecule has 0 atom stereocenters. The van der Waals surface area contributed by atoms with Gasteiger partial charge in [-0.15, -0.1) is 0 Å². The molecule has 0 aliphatic carbocycles. The van der Waals surface area contributed by atoms with Crippen molar-refractivity contribution in [1.29, 1.82) is 0 Å². The van der Waals surface area contributed by atoms with E-state index in [1.165, 1.54) is 43.5 Å². The van der Waals surface area contributed by atoms with Crippen molar-refractivity contribution in [1.82, 2.24) is 0 Å². The van der Waals surface area contributed by atoms with Crippen LogP contribution in [0.15, 0.2) is 42.5 Å². The summed E-state index contributed by atoms with van der Waals surface area (Å²) in [6.07, 6.45) is 0. The molecule has 3 heteroatoms. The molecule has 1 heterocycles. The molecule has 0 radical (unpaired) electrons. The van der Waals surface area contributed by atoms with E-state index in [4.69, 9.17) is 4.74 Å². The van der Waals surface area contributed by atoms with Gasteiger partial charge in [0.15, 0.2) is 0 Å². The van der Waals surface area contributed by atoms with E-state index in [-0.39, 0.29) is 0 Å². The van der Waals surface area contributed by atoms with Crippen molar-refractivity contribution in [2.24, 2.45) is 0 Å². The van der Waals surface area contributed by atoms with Crippen molar-refractivity contribution < 1.29 is 14.5 Å². The molecule has 2 aromatic rings.